The van der Waals surface area contributed by atoms with Gasteiger partial charge in [-0.25, -0.2) is 0 Å². The molecule has 0 aliphatic rings. The maximum absolute atomic E-state index is 12.5. The Morgan fingerprint density at radius 3 is 2.30 bits per heavy atom. The summed E-state index contributed by atoms with van der Waals surface area (Å²) in [6, 6.07) is 6.44. The van der Waals surface area contributed by atoms with Crippen molar-refractivity contribution in [1.29, 1.82) is 0 Å². The lowest BCUT2D eigenvalue weighted by Gasteiger charge is -2.28. The standard InChI is InChI=1S/C13H16F3NO2S/c1-9(10-3-5-11(20-2)6-4-10)17(7-12(18)19)8-13(14,15)16/h3-6,9H,7-8H2,1-2H3,(H,18,19). The number of benzene rings is 1. The van der Waals surface area contributed by atoms with E-state index >= 15 is 0 Å². The molecule has 0 saturated heterocycles. The van der Waals surface area contributed by atoms with Gasteiger partial charge in [0.25, 0.3) is 0 Å². The molecule has 1 unspecified atom stereocenters. The number of thioether (sulfide) groups is 1. The van der Waals surface area contributed by atoms with Crippen molar-refractivity contribution >= 4 is 17.7 Å². The minimum atomic E-state index is -4.43. The van der Waals surface area contributed by atoms with Crippen molar-refractivity contribution in [2.24, 2.45) is 0 Å². The highest BCUT2D eigenvalue weighted by Gasteiger charge is 2.34. The summed E-state index contributed by atoms with van der Waals surface area (Å²) in [6.07, 6.45) is -2.53. The van der Waals surface area contributed by atoms with E-state index in [2.05, 4.69) is 0 Å². The summed E-state index contributed by atoms with van der Waals surface area (Å²) >= 11 is 1.53. The second kappa shape index (κ2) is 6.99. The fourth-order valence-electron chi connectivity index (χ4n) is 1.83. The monoisotopic (exact) mass is 307 g/mol. The number of carbonyl (C=O) groups is 1. The number of carboxylic acids is 1. The Morgan fingerprint density at radius 1 is 1.35 bits per heavy atom. The third-order valence-electron chi connectivity index (χ3n) is 2.87. The Labute approximate surface area is 119 Å². The van der Waals surface area contributed by atoms with Gasteiger partial charge in [0, 0.05) is 10.9 Å². The summed E-state index contributed by atoms with van der Waals surface area (Å²) in [5.74, 6) is -1.28. The van der Waals surface area contributed by atoms with Crippen molar-refractivity contribution in [3.63, 3.8) is 0 Å². The molecule has 0 aromatic heterocycles. The molecule has 20 heavy (non-hydrogen) atoms. The predicted molar refractivity (Wildman–Crippen MR) is 71.9 cm³/mol. The molecule has 0 aliphatic heterocycles. The van der Waals surface area contributed by atoms with Crippen LogP contribution in [0.15, 0.2) is 29.2 Å². The first kappa shape index (κ1) is 16.8. The van der Waals surface area contributed by atoms with Gasteiger partial charge in [0.15, 0.2) is 0 Å². The first-order valence-corrected chi connectivity index (χ1v) is 7.12. The van der Waals surface area contributed by atoms with Crippen molar-refractivity contribution in [2.45, 2.75) is 24.0 Å². The minimum absolute atomic E-state index is 0.622. The van der Waals surface area contributed by atoms with Crippen molar-refractivity contribution in [3.05, 3.63) is 29.8 Å². The fraction of sp³-hybridized carbons (Fsp3) is 0.462. The number of hydrogen-bond acceptors (Lipinski definition) is 3. The van der Waals surface area contributed by atoms with Gasteiger partial charge in [-0.3, -0.25) is 9.69 Å². The molecule has 0 saturated carbocycles. The lowest BCUT2D eigenvalue weighted by Crippen LogP contribution is -2.39. The Hall–Kier alpha value is -1.21. The first-order chi connectivity index (χ1) is 9.23. The molecule has 0 aliphatic carbocycles. The van der Waals surface area contributed by atoms with Crippen LogP contribution in [0, 0.1) is 0 Å². The first-order valence-electron chi connectivity index (χ1n) is 5.89. The quantitative estimate of drug-likeness (QED) is 0.818. The van der Waals surface area contributed by atoms with Crippen LogP contribution in [0.3, 0.4) is 0 Å². The van der Waals surface area contributed by atoms with Crippen molar-refractivity contribution < 1.29 is 23.1 Å². The maximum Gasteiger partial charge on any atom is 0.401 e. The van der Waals surface area contributed by atoms with Crippen LogP contribution in [0.5, 0.6) is 0 Å². The van der Waals surface area contributed by atoms with Gasteiger partial charge in [0.2, 0.25) is 0 Å². The van der Waals surface area contributed by atoms with Gasteiger partial charge in [-0.2, -0.15) is 13.2 Å². The van der Waals surface area contributed by atoms with Crippen LogP contribution in [0.25, 0.3) is 0 Å². The van der Waals surface area contributed by atoms with Crippen LogP contribution in [0.1, 0.15) is 18.5 Å². The predicted octanol–water partition coefficient (Wildman–Crippen LogP) is 3.42. The van der Waals surface area contributed by atoms with E-state index < -0.39 is 31.3 Å². The number of nitrogens with zero attached hydrogens (tertiary/aromatic N) is 1. The topological polar surface area (TPSA) is 40.5 Å². The highest BCUT2D eigenvalue weighted by Crippen LogP contribution is 2.26. The third-order valence-corrected chi connectivity index (χ3v) is 3.61. The number of halogens is 3. The van der Waals surface area contributed by atoms with Gasteiger partial charge in [-0.15, -0.1) is 11.8 Å². The summed E-state index contributed by atoms with van der Waals surface area (Å²) in [4.78, 5) is 12.6. The molecule has 1 N–H and O–H groups in total. The molecule has 0 fully saturated rings. The molecule has 0 heterocycles. The van der Waals surface area contributed by atoms with Crippen LogP contribution in [-0.4, -0.2) is 41.5 Å². The highest BCUT2D eigenvalue weighted by atomic mass is 32.2. The summed E-state index contributed by atoms with van der Waals surface area (Å²) in [5, 5.41) is 8.75. The van der Waals surface area contributed by atoms with E-state index in [1.807, 2.05) is 18.4 Å². The molecule has 0 bridgehead atoms. The highest BCUT2D eigenvalue weighted by molar-refractivity contribution is 7.98. The molecule has 0 spiro atoms. The van der Waals surface area contributed by atoms with Crippen LogP contribution in [0.2, 0.25) is 0 Å². The van der Waals surface area contributed by atoms with Crippen molar-refractivity contribution in [1.82, 2.24) is 4.90 Å². The summed E-state index contributed by atoms with van der Waals surface area (Å²) < 4.78 is 37.5. The smallest absolute Gasteiger partial charge is 0.401 e. The van der Waals surface area contributed by atoms with Gasteiger partial charge < -0.3 is 5.11 Å². The SMILES string of the molecule is CSc1ccc(C(C)N(CC(=O)O)CC(F)(F)F)cc1. The average molecular weight is 307 g/mol. The number of aliphatic carboxylic acids is 1. The van der Waals surface area contributed by atoms with E-state index in [9.17, 15) is 18.0 Å². The lowest BCUT2D eigenvalue weighted by atomic mass is 10.1. The van der Waals surface area contributed by atoms with E-state index in [4.69, 9.17) is 5.11 Å². The van der Waals surface area contributed by atoms with E-state index in [1.54, 1.807) is 19.1 Å². The second-order valence-corrected chi connectivity index (χ2v) is 5.24. The largest absolute Gasteiger partial charge is 0.480 e. The Bertz CT molecular complexity index is 448. The second-order valence-electron chi connectivity index (χ2n) is 4.36. The number of carboxylic acid groups (broad SMARTS) is 1. The Kier molecular flexibility index (Phi) is 5.88. The number of hydrogen-bond donors (Lipinski definition) is 1. The van der Waals surface area contributed by atoms with Gasteiger partial charge in [-0.05, 0) is 30.9 Å². The van der Waals surface area contributed by atoms with E-state index in [0.717, 1.165) is 9.80 Å². The van der Waals surface area contributed by atoms with Crippen LogP contribution in [0.4, 0.5) is 13.2 Å². The zero-order valence-corrected chi connectivity index (χ0v) is 12.0. The molecule has 0 radical (unpaired) electrons. The maximum atomic E-state index is 12.5. The molecule has 112 valence electrons. The molecule has 1 aromatic carbocycles. The summed E-state index contributed by atoms with van der Waals surface area (Å²) in [7, 11) is 0. The molecule has 1 aromatic rings. The van der Waals surface area contributed by atoms with Gasteiger partial charge in [-0.1, -0.05) is 12.1 Å². The molecule has 1 rings (SSSR count). The number of rotatable bonds is 6. The van der Waals surface area contributed by atoms with E-state index in [0.29, 0.717) is 5.56 Å². The van der Waals surface area contributed by atoms with Gasteiger partial charge >= 0.3 is 12.1 Å². The summed E-state index contributed by atoms with van der Waals surface area (Å²) in [6.45, 7) is -0.321. The van der Waals surface area contributed by atoms with Crippen molar-refractivity contribution in [3.8, 4) is 0 Å². The van der Waals surface area contributed by atoms with E-state index in [1.165, 1.54) is 11.8 Å². The van der Waals surface area contributed by atoms with Crippen LogP contribution < -0.4 is 0 Å². The fourth-order valence-corrected chi connectivity index (χ4v) is 2.24. The normalized spacial score (nSPS) is 13.5. The van der Waals surface area contributed by atoms with Crippen LogP contribution >= 0.6 is 11.8 Å². The average Bonchev–Trinajstić information content (AvgIpc) is 2.35. The number of alkyl halides is 3. The molecule has 1 atom stereocenters. The van der Waals surface area contributed by atoms with Gasteiger partial charge in [0.05, 0.1) is 13.1 Å². The molecular formula is C13H16F3NO2S. The van der Waals surface area contributed by atoms with Crippen molar-refractivity contribution in [2.75, 3.05) is 19.3 Å². The molecule has 3 nitrogen and oxygen atoms in total. The Balaban J connectivity index is 2.90. The zero-order valence-electron chi connectivity index (χ0n) is 11.1. The summed E-state index contributed by atoms with van der Waals surface area (Å²) in [5.41, 5.74) is 0.660. The molecular weight excluding hydrogens is 291 g/mol. The zero-order chi connectivity index (χ0) is 15.3. The molecule has 7 heteroatoms. The van der Waals surface area contributed by atoms with Crippen LogP contribution in [-0.2, 0) is 4.79 Å². The Morgan fingerprint density at radius 2 is 1.90 bits per heavy atom. The van der Waals surface area contributed by atoms with Gasteiger partial charge in [0.1, 0.15) is 0 Å². The molecule has 0 amide bonds. The lowest BCUT2D eigenvalue weighted by molar-refractivity contribution is -0.157. The van der Waals surface area contributed by atoms with E-state index in [-0.39, 0.29) is 0 Å². The minimum Gasteiger partial charge on any atom is -0.480 e. The third kappa shape index (κ3) is 5.42.